The molecular weight excluding hydrogens is 483 g/mol. The number of hydrogen-bond acceptors (Lipinski definition) is 4. The Balaban J connectivity index is 0.00000420. The molecule has 1 amide bonds. The predicted molar refractivity (Wildman–Crippen MR) is 127 cm³/mol. The molecule has 8 heteroatoms. The highest BCUT2D eigenvalue weighted by molar-refractivity contribution is 14.0. The maximum Gasteiger partial charge on any atom is 0.407 e. The van der Waals surface area contributed by atoms with Gasteiger partial charge in [0, 0.05) is 19.6 Å². The summed E-state index contributed by atoms with van der Waals surface area (Å²) in [6.45, 7) is 12.6. The minimum Gasteiger partial charge on any atom is -0.496 e. The number of ether oxygens (including phenoxy) is 2. The third-order valence-electron chi connectivity index (χ3n) is 4.43. The van der Waals surface area contributed by atoms with E-state index in [1.165, 1.54) is 0 Å². The first-order chi connectivity index (χ1) is 13.2. The summed E-state index contributed by atoms with van der Waals surface area (Å²) in [7, 11) is 1.68. The molecule has 29 heavy (non-hydrogen) atoms. The Morgan fingerprint density at radius 3 is 2.69 bits per heavy atom. The number of aryl methyl sites for hydroxylation is 1. The van der Waals surface area contributed by atoms with Gasteiger partial charge in [-0.2, -0.15) is 0 Å². The molecule has 7 nitrogen and oxygen atoms in total. The summed E-state index contributed by atoms with van der Waals surface area (Å²) in [5, 5.41) is 6.30. The van der Waals surface area contributed by atoms with E-state index in [0.29, 0.717) is 13.1 Å². The molecular formula is C21H35IN4O3. The number of carbonyl (C=O) groups is 1. The zero-order valence-electron chi connectivity index (χ0n) is 18.4. The number of nitrogens with one attached hydrogen (secondary N) is 2. The number of likely N-dealkylation sites (tertiary alicyclic amines) is 1. The van der Waals surface area contributed by atoms with Crippen molar-refractivity contribution in [3.8, 4) is 5.75 Å². The van der Waals surface area contributed by atoms with Crippen molar-refractivity contribution in [1.29, 1.82) is 0 Å². The smallest absolute Gasteiger partial charge is 0.407 e. The van der Waals surface area contributed by atoms with Crippen LogP contribution in [0.15, 0.2) is 23.2 Å². The summed E-state index contributed by atoms with van der Waals surface area (Å²) in [6, 6.07) is 6.20. The molecule has 0 bridgehead atoms. The molecule has 1 aromatic rings. The van der Waals surface area contributed by atoms with Crippen LogP contribution in [0.25, 0.3) is 0 Å². The number of amides is 1. The lowest BCUT2D eigenvalue weighted by Crippen LogP contribution is -2.44. The van der Waals surface area contributed by atoms with E-state index in [1.54, 1.807) is 7.11 Å². The molecule has 0 radical (unpaired) electrons. The number of nitrogens with zero attached hydrogens (tertiary/aromatic N) is 2. The van der Waals surface area contributed by atoms with Gasteiger partial charge >= 0.3 is 6.09 Å². The van der Waals surface area contributed by atoms with Crippen molar-refractivity contribution in [3.05, 3.63) is 29.3 Å². The van der Waals surface area contributed by atoms with Crippen LogP contribution in [0.4, 0.5) is 4.79 Å². The minimum atomic E-state index is -0.492. The molecule has 1 heterocycles. The van der Waals surface area contributed by atoms with E-state index >= 15 is 0 Å². The van der Waals surface area contributed by atoms with E-state index in [0.717, 1.165) is 42.3 Å². The van der Waals surface area contributed by atoms with Gasteiger partial charge in [-0.15, -0.1) is 24.0 Å². The van der Waals surface area contributed by atoms with Crippen molar-refractivity contribution in [2.75, 3.05) is 26.7 Å². The van der Waals surface area contributed by atoms with Crippen molar-refractivity contribution in [1.82, 2.24) is 15.5 Å². The second kappa shape index (κ2) is 11.5. The van der Waals surface area contributed by atoms with Crippen LogP contribution >= 0.6 is 24.0 Å². The maximum absolute atomic E-state index is 12.0. The molecule has 1 unspecified atom stereocenters. The van der Waals surface area contributed by atoms with E-state index in [2.05, 4.69) is 28.5 Å². The molecule has 1 atom stereocenters. The van der Waals surface area contributed by atoms with Gasteiger partial charge in [0.05, 0.1) is 19.7 Å². The summed E-state index contributed by atoms with van der Waals surface area (Å²) in [5.74, 6) is 1.73. The number of hydrogen-bond donors (Lipinski definition) is 2. The fourth-order valence-corrected chi connectivity index (χ4v) is 3.10. The molecule has 0 spiro atoms. The lowest BCUT2D eigenvalue weighted by Gasteiger charge is -2.23. The summed E-state index contributed by atoms with van der Waals surface area (Å²) >= 11 is 0. The number of alkyl carbamates (subject to hydrolysis) is 1. The highest BCUT2D eigenvalue weighted by Gasteiger charge is 2.27. The fraction of sp³-hybridized carbons (Fsp3) is 0.619. The van der Waals surface area contributed by atoms with Crippen LogP contribution in [0.1, 0.15) is 45.2 Å². The number of rotatable bonds is 5. The van der Waals surface area contributed by atoms with Gasteiger partial charge in [0.2, 0.25) is 0 Å². The fourth-order valence-electron chi connectivity index (χ4n) is 3.10. The monoisotopic (exact) mass is 518 g/mol. The highest BCUT2D eigenvalue weighted by atomic mass is 127. The number of benzene rings is 1. The van der Waals surface area contributed by atoms with Crippen LogP contribution in [-0.2, 0) is 11.3 Å². The third kappa shape index (κ3) is 8.28. The number of aliphatic imine (C=N–C) groups is 1. The lowest BCUT2D eigenvalue weighted by molar-refractivity contribution is 0.0507. The molecule has 1 aliphatic heterocycles. The van der Waals surface area contributed by atoms with Crippen LogP contribution in [0.5, 0.6) is 5.75 Å². The van der Waals surface area contributed by atoms with Crippen LogP contribution in [0, 0.1) is 6.92 Å². The van der Waals surface area contributed by atoms with E-state index in [4.69, 9.17) is 14.5 Å². The summed E-state index contributed by atoms with van der Waals surface area (Å²) < 4.78 is 10.8. The van der Waals surface area contributed by atoms with Crippen molar-refractivity contribution in [3.63, 3.8) is 0 Å². The van der Waals surface area contributed by atoms with Crippen molar-refractivity contribution >= 4 is 36.0 Å². The topological polar surface area (TPSA) is 75.2 Å². The molecule has 1 saturated heterocycles. The van der Waals surface area contributed by atoms with Gasteiger partial charge in [0.15, 0.2) is 5.96 Å². The molecule has 0 aliphatic carbocycles. The van der Waals surface area contributed by atoms with E-state index < -0.39 is 5.60 Å². The lowest BCUT2D eigenvalue weighted by atomic mass is 10.1. The summed E-state index contributed by atoms with van der Waals surface area (Å²) in [5.41, 5.74) is 1.71. The Labute approximate surface area is 191 Å². The molecule has 2 N–H and O–H groups in total. The Morgan fingerprint density at radius 2 is 2.07 bits per heavy atom. The van der Waals surface area contributed by atoms with Gasteiger partial charge in [0.1, 0.15) is 11.4 Å². The second-order valence-electron chi connectivity index (χ2n) is 8.05. The van der Waals surface area contributed by atoms with Gasteiger partial charge in [0.25, 0.3) is 0 Å². The van der Waals surface area contributed by atoms with Gasteiger partial charge in [-0.05, 0) is 58.2 Å². The Morgan fingerprint density at radius 1 is 1.34 bits per heavy atom. The molecule has 0 saturated carbocycles. The standard InChI is InChI=1S/C21H34N4O3.HI/c1-7-22-19(23-13-16-9-8-15(2)18(12-16)27-6)25-11-10-17(14-25)24-20(26)28-21(3,4)5;/h8-9,12,17H,7,10-11,13-14H2,1-6H3,(H,22,23)(H,24,26);1H. The largest absolute Gasteiger partial charge is 0.496 e. The van der Waals surface area contributed by atoms with Crippen molar-refractivity contribution in [2.45, 2.75) is 59.2 Å². The molecule has 1 aliphatic rings. The minimum absolute atomic E-state index is 0. The zero-order chi connectivity index (χ0) is 20.7. The maximum atomic E-state index is 12.0. The first kappa shape index (κ1) is 25.3. The van der Waals surface area contributed by atoms with Gasteiger partial charge in [-0.1, -0.05) is 12.1 Å². The normalized spacial score (nSPS) is 16.8. The number of halogens is 1. The summed E-state index contributed by atoms with van der Waals surface area (Å²) in [6.07, 6.45) is 0.496. The summed E-state index contributed by atoms with van der Waals surface area (Å²) in [4.78, 5) is 19.0. The first-order valence-electron chi connectivity index (χ1n) is 9.88. The van der Waals surface area contributed by atoms with Crippen LogP contribution in [0.2, 0.25) is 0 Å². The van der Waals surface area contributed by atoms with Gasteiger partial charge in [-0.3, -0.25) is 0 Å². The van der Waals surface area contributed by atoms with E-state index in [-0.39, 0.29) is 36.1 Å². The van der Waals surface area contributed by atoms with Gasteiger partial charge < -0.3 is 25.0 Å². The van der Waals surface area contributed by atoms with E-state index in [9.17, 15) is 4.79 Å². The van der Waals surface area contributed by atoms with Crippen molar-refractivity contribution < 1.29 is 14.3 Å². The number of guanidine groups is 1. The number of methoxy groups -OCH3 is 1. The Bertz CT molecular complexity index is 704. The van der Waals surface area contributed by atoms with Crippen molar-refractivity contribution in [2.24, 2.45) is 4.99 Å². The highest BCUT2D eigenvalue weighted by Crippen LogP contribution is 2.20. The zero-order valence-corrected chi connectivity index (χ0v) is 20.7. The average molecular weight is 518 g/mol. The van der Waals surface area contributed by atoms with Crippen LogP contribution in [-0.4, -0.2) is 55.3 Å². The molecule has 1 fully saturated rings. The molecule has 164 valence electrons. The predicted octanol–water partition coefficient (Wildman–Crippen LogP) is 3.69. The first-order valence-corrected chi connectivity index (χ1v) is 9.88. The van der Waals surface area contributed by atoms with Gasteiger partial charge in [-0.25, -0.2) is 9.79 Å². The third-order valence-corrected chi connectivity index (χ3v) is 4.43. The van der Waals surface area contributed by atoms with Crippen LogP contribution < -0.4 is 15.4 Å². The number of carbonyl (C=O) groups excluding carboxylic acids is 1. The Hall–Kier alpha value is -1.71. The quantitative estimate of drug-likeness (QED) is 0.354. The SMILES string of the molecule is CCNC(=NCc1ccc(C)c(OC)c1)N1CCC(NC(=O)OC(C)(C)C)C1.I. The van der Waals surface area contributed by atoms with Crippen LogP contribution in [0.3, 0.4) is 0 Å². The Kier molecular flexibility index (Phi) is 10.0. The molecule has 1 aromatic carbocycles. The average Bonchev–Trinajstić information content (AvgIpc) is 3.06. The second-order valence-corrected chi connectivity index (χ2v) is 8.05. The molecule has 2 rings (SSSR count). The molecule has 0 aromatic heterocycles. The van der Waals surface area contributed by atoms with E-state index in [1.807, 2.05) is 39.8 Å².